The number of ether oxygens (including phenoxy) is 1. The summed E-state index contributed by atoms with van der Waals surface area (Å²) in [6, 6.07) is 11.6. The minimum atomic E-state index is -0.388. The zero-order valence-corrected chi connectivity index (χ0v) is 18.4. The van der Waals surface area contributed by atoms with E-state index >= 15 is 0 Å². The van der Waals surface area contributed by atoms with Crippen LogP contribution < -0.4 is 9.54 Å². The smallest absolute Gasteiger partial charge is 0.315 e. The molecule has 0 bridgehead atoms. The number of furan rings is 1. The van der Waals surface area contributed by atoms with Crippen molar-refractivity contribution in [1.29, 1.82) is 0 Å². The lowest BCUT2D eigenvalue weighted by Gasteiger charge is -2.05. The van der Waals surface area contributed by atoms with Gasteiger partial charge in [-0.15, -0.1) is 0 Å². The third-order valence-electron chi connectivity index (χ3n) is 4.95. The highest BCUT2D eigenvalue weighted by molar-refractivity contribution is 7.98. The number of aromatic nitrogens is 1. The number of fused-ring (bicyclic) bond motifs is 2. The van der Waals surface area contributed by atoms with Gasteiger partial charge in [0.1, 0.15) is 0 Å². The lowest BCUT2D eigenvalue weighted by atomic mass is 10.1. The van der Waals surface area contributed by atoms with Crippen molar-refractivity contribution in [3.8, 4) is 5.75 Å². The van der Waals surface area contributed by atoms with Gasteiger partial charge in [-0.05, 0) is 55.5 Å². The third kappa shape index (κ3) is 3.72. The van der Waals surface area contributed by atoms with E-state index in [1.165, 1.54) is 22.5 Å². The summed E-state index contributed by atoms with van der Waals surface area (Å²) in [5.74, 6) is 1.37. The summed E-state index contributed by atoms with van der Waals surface area (Å²) in [6.07, 6.45) is 2.08. The number of aryl methyl sites for hydroxylation is 3. The number of thiazole rings is 1. The minimum absolute atomic E-state index is 0.214. The predicted molar refractivity (Wildman–Crippen MR) is 120 cm³/mol. The Bertz CT molecular complexity index is 1280. The van der Waals surface area contributed by atoms with Crippen molar-refractivity contribution in [2.45, 2.75) is 20.4 Å². The highest BCUT2D eigenvalue weighted by Crippen LogP contribution is 2.29. The highest BCUT2D eigenvalue weighted by Gasteiger charge is 2.16. The van der Waals surface area contributed by atoms with Crippen LogP contribution in [0.2, 0.25) is 0 Å². The standard InChI is InChI=1S/C22H22N2O3S2/c1-13-10-16-19(11-14(13)2)29-22(24(16)8-9-28-4)23-21(25)18-12-15-6-5-7-17(26-3)20(15)27-18/h5-7,10-12H,8-9H2,1-4H3. The van der Waals surface area contributed by atoms with Crippen molar-refractivity contribution in [2.75, 3.05) is 19.1 Å². The first-order chi connectivity index (χ1) is 14.0. The van der Waals surface area contributed by atoms with E-state index < -0.39 is 0 Å². The Morgan fingerprint density at radius 2 is 2.03 bits per heavy atom. The van der Waals surface area contributed by atoms with E-state index in [1.54, 1.807) is 24.9 Å². The van der Waals surface area contributed by atoms with Gasteiger partial charge in [0, 0.05) is 17.7 Å². The summed E-state index contributed by atoms with van der Waals surface area (Å²) in [7, 11) is 1.58. The molecule has 150 valence electrons. The van der Waals surface area contributed by atoms with Crippen molar-refractivity contribution in [3.05, 3.63) is 58.1 Å². The van der Waals surface area contributed by atoms with Crippen LogP contribution >= 0.6 is 23.1 Å². The number of rotatable bonds is 5. The lowest BCUT2D eigenvalue weighted by molar-refractivity contribution is 0.0973. The molecule has 2 aromatic carbocycles. The number of hydrogen-bond donors (Lipinski definition) is 0. The fourth-order valence-electron chi connectivity index (χ4n) is 3.25. The second kappa shape index (κ2) is 8.08. The number of carbonyl (C=O) groups is 1. The number of nitrogens with zero attached hydrogens (tertiary/aromatic N) is 2. The molecule has 4 aromatic rings. The molecule has 7 heteroatoms. The number of thioether (sulfide) groups is 1. The number of benzene rings is 2. The first-order valence-electron chi connectivity index (χ1n) is 9.27. The molecule has 0 saturated heterocycles. The van der Waals surface area contributed by atoms with Crippen LogP contribution in [0.15, 0.2) is 45.8 Å². The summed E-state index contributed by atoms with van der Waals surface area (Å²) in [4.78, 5) is 18.0. The number of hydrogen-bond acceptors (Lipinski definition) is 5. The van der Waals surface area contributed by atoms with Gasteiger partial charge in [0.2, 0.25) is 0 Å². The van der Waals surface area contributed by atoms with Crippen molar-refractivity contribution in [3.63, 3.8) is 0 Å². The molecule has 1 amide bonds. The first kappa shape index (κ1) is 19.8. The van der Waals surface area contributed by atoms with Crippen molar-refractivity contribution in [2.24, 2.45) is 4.99 Å². The van der Waals surface area contributed by atoms with Gasteiger partial charge in [-0.2, -0.15) is 16.8 Å². The Morgan fingerprint density at radius 1 is 1.24 bits per heavy atom. The highest BCUT2D eigenvalue weighted by atomic mass is 32.2. The number of para-hydroxylation sites is 1. The van der Waals surface area contributed by atoms with Crippen molar-refractivity contribution < 1.29 is 13.9 Å². The normalized spacial score (nSPS) is 12.2. The molecule has 4 rings (SSSR count). The fraction of sp³-hybridized carbons (Fsp3) is 0.273. The van der Waals surface area contributed by atoms with Gasteiger partial charge in [0.05, 0.1) is 17.3 Å². The second-order valence-electron chi connectivity index (χ2n) is 6.84. The number of amides is 1. The van der Waals surface area contributed by atoms with Gasteiger partial charge in [-0.3, -0.25) is 4.79 Å². The SMILES string of the molecule is COc1cccc2cc(C(=O)N=c3sc4cc(C)c(C)cc4n3CCSC)oc12. The van der Waals surface area contributed by atoms with E-state index in [4.69, 9.17) is 9.15 Å². The summed E-state index contributed by atoms with van der Waals surface area (Å²) < 4.78 is 14.4. The summed E-state index contributed by atoms with van der Waals surface area (Å²) in [5.41, 5.74) is 4.14. The van der Waals surface area contributed by atoms with Gasteiger partial charge in [-0.25, -0.2) is 0 Å². The maximum Gasteiger partial charge on any atom is 0.315 e. The van der Waals surface area contributed by atoms with Crippen LogP contribution in [-0.4, -0.2) is 29.6 Å². The number of methoxy groups -OCH3 is 1. The van der Waals surface area contributed by atoms with E-state index in [-0.39, 0.29) is 11.7 Å². The van der Waals surface area contributed by atoms with Gasteiger partial charge in [-0.1, -0.05) is 23.5 Å². The Morgan fingerprint density at radius 3 is 2.79 bits per heavy atom. The van der Waals surface area contributed by atoms with Gasteiger partial charge in [0.25, 0.3) is 0 Å². The molecule has 0 aliphatic carbocycles. The molecular weight excluding hydrogens is 404 g/mol. The maximum atomic E-state index is 12.9. The molecule has 2 aromatic heterocycles. The van der Waals surface area contributed by atoms with Crippen molar-refractivity contribution >= 4 is 50.2 Å². The van der Waals surface area contributed by atoms with E-state index in [2.05, 4.69) is 41.8 Å². The molecule has 0 fully saturated rings. The fourth-order valence-corrected chi connectivity index (χ4v) is 4.75. The van der Waals surface area contributed by atoms with Gasteiger partial charge in [0.15, 0.2) is 21.9 Å². The molecular formula is C22H22N2O3S2. The average molecular weight is 427 g/mol. The van der Waals surface area contributed by atoms with E-state index in [0.29, 0.717) is 16.1 Å². The molecule has 0 atom stereocenters. The van der Waals surface area contributed by atoms with Crippen LogP contribution in [0.25, 0.3) is 21.2 Å². The van der Waals surface area contributed by atoms with Gasteiger partial charge >= 0.3 is 5.91 Å². The Labute approximate surface area is 177 Å². The molecule has 0 radical (unpaired) electrons. The molecule has 0 spiro atoms. The third-order valence-corrected chi connectivity index (χ3v) is 6.59. The molecule has 0 saturated carbocycles. The quantitative estimate of drug-likeness (QED) is 0.441. The first-order valence-corrected chi connectivity index (χ1v) is 11.5. The summed E-state index contributed by atoms with van der Waals surface area (Å²) in [5, 5.41) is 0.820. The average Bonchev–Trinajstić information content (AvgIpc) is 3.28. The zero-order chi connectivity index (χ0) is 20.5. The van der Waals surface area contributed by atoms with Crippen molar-refractivity contribution in [1.82, 2.24) is 4.57 Å². The van der Waals surface area contributed by atoms with E-state index in [1.807, 2.05) is 18.2 Å². The molecule has 0 unspecified atom stereocenters. The molecule has 0 aliphatic heterocycles. The van der Waals surface area contributed by atoms with Crippen LogP contribution in [0, 0.1) is 13.8 Å². The summed E-state index contributed by atoms with van der Waals surface area (Å²) >= 11 is 3.31. The van der Waals surface area contributed by atoms with Crippen LogP contribution in [0.3, 0.4) is 0 Å². The molecule has 29 heavy (non-hydrogen) atoms. The van der Waals surface area contributed by atoms with Gasteiger partial charge < -0.3 is 13.7 Å². The molecule has 5 nitrogen and oxygen atoms in total. The molecule has 2 heterocycles. The lowest BCUT2D eigenvalue weighted by Crippen LogP contribution is -2.18. The molecule has 0 N–H and O–H groups in total. The maximum absolute atomic E-state index is 12.9. The Balaban J connectivity index is 1.83. The number of carbonyl (C=O) groups excluding carboxylic acids is 1. The van der Waals surface area contributed by atoms with E-state index in [9.17, 15) is 4.79 Å². The Kier molecular flexibility index (Phi) is 5.52. The van der Waals surface area contributed by atoms with Crippen LogP contribution in [0.5, 0.6) is 5.75 Å². The monoisotopic (exact) mass is 426 g/mol. The summed E-state index contributed by atoms with van der Waals surface area (Å²) in [6.45, 7) is 5.00. The van der Waals surface area contributed by atoms with E-state index in [0.717, 1.165) is 27.9 Å². The minimum Gasteiger partial charge on any atom is -0.493 e. The predicted octanol–water partition coefficient (Wildman–Crippen LogP) is 5.18. The van der Waals surface area contributed by atoms with Crippen LogP contribution in [0.1, 0.15) is 21.7 Å². The second-order valence-corrected chi connectivity index (χ2v) is 8.83. The largest absolute Gasteiger partial charge is 0.493 e. The van der Waals surface area contributed by atoms with Crippen LogP contribution in [0.4, 0.5) is 0 Å². The molecule has 0 aliphatic rings. The van der Waals surface area contributed by atoms with Crippen LogP contribution in [-0.2, 0) is 6.54 Å². The zero-order valence-electron chi connectivity index (χ0n) is 16.8. The Hall–Kier alpha value is -2.51. The topological polar surface area (TPSA) is 56.7 Å².